The number of phenols is 1. The molecule has 0 radical (unpaired) electrons. The third kappa shape index (κ3) is 4.35. The molecule has 0 amide bonds. The Morgan fingerprint density at radius 2 is 1.88 bits per heavy atom. The van der Waals surface area contributed by atoms with E-state index in [9.17, 15) is 25.2 Å². The maximum atomic E-state index is 10.9. The van der Waals surface area contributed by atoms with E-state index in [0.717, 1.165) is 6.07 Å². The van der Waals surface area contributed by atoms with E-state index in [1.807, 2.05) is 0 Å². The van der Waals surface area contributed by atoms with Crippen molar-refractivity contribution >= 4 is 5.97 Å². The topological polar surface area (TPSA) is 137 Å². The highest BCUT2D eigenvalue weighted by molar-refractivity contribution is 5.88. The fourth-order valence-electron chi connectivity index (χ4n) is 2.64. The molecule has 0 saturated carbocycles. The summed E-state index contributed by atoms with van der Waals surface area (Å²) >= 11 is 0. The summed E-state index contributed by atoms with van der Waals surface area (Å²) in [5, 5.41) is 47.7. The van der Waals surface area contributed by atoms with Crippen LogP contribution in [0.1, 0.15) is 30.1 Å². The van der Waals surface area contributed by atoms with Gasteiger partial charge < -0.3 is 35.0 Å². The van der Waals surface area contributed by atoms with Gasteiger partial charge in [-0.1, -0.05) is 0 Å². The first-order chi connectivity index (χ1) is 11.3. The Hall–Kier alpha value is -1.87. The fourth-order valence-corrected chi connectivity index (χ4v) is 2.64. The predicted octanol–water partition coefficient (Wildman–Crippen LogP) is 0.119. The van der Waals surface area contributed by atoms with Crippen LogP contribution in [0.5, 0.6) is 11.5 Å². The number of aliphatic hydroxyl groups excluding tert-OH is 3. The van der Waals surface area contributed by atoms with Crippen LogP contribution in [0.25, 0.3) is 0 Å². The van der Waals surface area contributed by atoms with Crippen molar-refractivity contribution in [3.8, 4) is 11.5 Å². The van der Waals surface area contributed by atoms with Gasteiger partial charge in [0, 0.05) is 6.07 Å². The lowest BCUT2D eigenvalue weighted by Gasteiger charge is -2.39. The Balaban J connectivity index is 1.84. The molecular weight excluding hydrogens is 320 g/mol. The molecule has 1 aliphatic rings. The van der Waals surface area contributed by atoms with Crippen LogP contribution >= 0.6 is 0 Å². The number of hydrogen-bond donors (Lipinski definition) is 5. The molecule has 24 heavy (non-hydrogen) atoms. The smallest absolute Gasteiger partial charge is 0.335 e. The van der Waals surface area contributed by atoms with Gasteiger partial charge in [0.1, 0.15) is 29.8 Å². The number of carboxylic acid groups (broad SMARTS) is 1. The number of aromatic carboxylic acids is 1. The molecular formula is C16H22O8. The van der Waals surface area contributed by atoms with Crippen molar-refractivity contribution in [1.29, 1.82) is 0 Å². The molecule has 0 spiro atoms. The first-order valence-corrected chi connectivity index (χ1v) is 7.69. The maximum Gasteiger partial charge on any atom is 0.335 e. The second-order valence-electron chi connectivity index (χ2n) is 5.86. The Morgan fingerprint density at radius 3 is 2.54 bits per heavy atom. The van der Waals surface area contributed by atoms with Crippen molar-refractivity contribution < 1.29 is 39.8 Å². The van der Waals surface area contributed by atoms with Crippen LogP contribution in [0.4, 0.5) is 0 Å². The lowest BCUT2D eigenvalue weighted by molar-refractivity contribution is -0.218. The molecule has 1 fully saturated rings. The molecule has 8 heteroatoms. The zero-order valence-corrected chi connectivity index (χ0v) is 13.2. The summed E-state index contributed by atoms with van der Waals surface area (Å²) in [6, 6.07) is 3.73. The molecule has 1 heterocycles. The van der Waals surface area contributed by atoms with E-state index in [2.05, 4.69) is 0 Å². The van der Waals surface area contributed by atoms with E-state index in [-0.39, 0.29) is 23.7 Å². The molecule has 1 aromatic rings. The second-order valence-corrected chi connectivity index (χ2v) is 5.86. The van der Waals surface area contributed by atoms with E-state index in [1.165, 1.54) is 12.1 Å². The first-order valence-electron chi connectivity index (χ1n) is 7.69. The molecule has 1 aliphatic heterocycles. The molecule has 0 aliphatic carbocycles. The van der Waals surface area contributed by atoms with Crippen molar-refractivity contribution in [2.75, 3.05) is 6.61 Å². The molecule has 2 rings (SSSR count). The summed E-state index contributed by atoms with van der Waals surface area (Å²) in [5.41, 5.74) is -0.0815. The normalized spacial score (nSPS) is 30.1. The minimum atomic E-state index is -1.26. The summed E-state index contributed by atoms with van der Waals surface area (Å²) in [5.74, 6) is -1.15. The minimum Gasteiger partial charge on any atom is -0.508 e. The molecule has 8 nitrogen and oxygen atoms in total. The van der Waals surface area contributed by atoms with Crippen molar-refractivity contribution in [1.82, 2.24) is 0 Å². The van der Waals surface area contributed by atoms with Crippen LogP contribution in [0.3, 0.4) is 0 Å². The van der Waals surface area contributed by atoms with Gasteiger partial charge in [-0.15, -0.1) is 0 Å². The number of ether oxygens (including phenoxy) is 2. The number of phenolic OH excluding ortho intramolecular Hbond substituents is 1. The molecule has 1 aromatic carbocycles. The average molecular weight is 342 g/mol. The van der Waals surface area contributed by atoms with Gasteiger partial charge in [-0.25, -0.2) is 4.79 Å². The van der Waals surface area contributed by atoms with Crippen molar-refractivity contribution in [2.45, 2.75) is 50.3 Å². The van der Waals surface area contributed by atoms with E-state index >= 15 is 0 Å². The van der Waals surface area contributed by atoms with Crippen LogP contribution in [0, 0.1) is 0 Å². The van der Waals surface area contributed by atoms with Crippen LogP contribution in [-0.4, -0.2) is 68.6 Å². The largest absolute Gasteiger partial charge is 0.508 e. The zero-order valence-electron chi connectivity index (χ0n) is 13.2. The van der Waals surface area contributed by atoms with Gasteiger partial charge in [-0.3, -0.25) is 0 Å². The number of carboxylic acids is 1. The summed E-state index contributed by atoms with van der Waals surface area (Å²) in [4.78, 5) is 10.9. The SMILES string of the molecule is CC1O[C@@H](CCCOc2cc(O)cc(C(=O)O)c2)C(O)C(O)[C@@H]1O. The molecule has 0 aromatic heterocycles. The number of benzene rings is 1. The van der Waals surface area contributed by atoms with Gasteiger partial charge >= 0.3 is 5.97 Å². The second kappa shape index (κ2) is 7.80. The highest BCUT2D eigenvalue weighted by atomic mass is 16.5. The number of aromatic hydroxyl groups is 1. The summed E-state index contributed by atoms with van der Waals surface area (Å²) < 4.78 is 10.9. The van der Waals surface area contributed by atoms with E-state index in [4.69, 9.17) is 14.6 Å². The van der Waals surface area contributed by atoms with E-state index < -0.39 is 36.5 Å². The van der Waals surface area contributed by atoms with Gasteiger partial charge in [-0.2, -0.15) is 0 Å². The highest BCUT2D eigenvalue weighted by Crippen LogP contribution is 2.25. The molecule has 5 atom stereocenters. The predicted molar refractivity (Wildman–Crippen MR) is 82.2 cm³/mol. The Kier molecular flexibility index (Phi) is 6.00. The average Bonchev–Trinajstić information content (AvgIpc) is 2.53. The fraction of sp³-hybridized carbons (Fsp3) is 0.562. The van der Waals surface area contributed by atoms with E-state index in [0.29, 0.717) is 12.8 Å². The summed E-state index contributed by atoms with van der Waals surface area (Å²) in [6.45, 7) is 1.82. The monoisotopic (exact) mass is 342 g/mol. The van der Waals surface area contributed by atoms with Gasteiger partial charge in [0.2, 0.25) is 0 Å². The van der Waals surface area contributed by atoms with Crippen molar-refractivity contribution in [3.63, 3.8) is 0 Å². The van der Waals surface area contributed by atoms with Gasteiger partial charge in [0.25, 0.3) is 0 Å². The van der Waals surface area contributed by atoms with Crippen LogP contribution in [0.15, 0.2) is 18.2 Å². The van der Waals surface area contributed by atoms with Crippen LogP contribution in [0.2, 0.25) is 0 Å². The molecule has 1 saturated heterocycles. The van der Waals surface area contributed by atoms with Gasteiger partial charge in [-0.05, 0) is 31.9 Å². The van der Waals surface area contributed by atoms with Crippen LogP contribution in [-0.2, 0) is 4.74 Å². The highest BCUT2D eigenvalue weighted by Gasteiger charge is 2.41. The Morgan fingerprint density at radius 1 is 1.17 bits per heavy atom. The maximum absolute atomic E-state index is 10.9. The number of hydrogen-bond acceptors (Lipinski definition) is 7. The van der Waals surface area contributed by atoms with Crippen molar-refractivity contribution in [2.24, 2.45) is 0 Å². The van der Waals surface area contributed by atoms with Crippen molar-refractivity contribution in [3.05, 3.63) is 23.8 Å². The first kappa shape index (κ1) is 18.5. The summed E-state index contributed by atoms with van der Waals surface area (Å²) in [6.07, 6.45) is -3.93. The molecule has 3 unspecified atom stereocenters. The third-order valence-electron chi connectivity index (χ3n) is 3.99. The number of carbonyl (C=O) groups is 1. The van der Waals surface area contributed by atoms with Crippen LogP contribution < -0.4 is 4.74 Å². The van der Waals surface area contributed by atoms with Gasteiger partial charge in [0.05, 0.1) is 24.4 Å². The molecule has 0 bridgehead atoms. The third-order valence-corrected chi connectivity index (χ3v) is 3.99. The number of rotatable bonds is 6. The lowest BCUT2D eigenvalue weighted by atomic mass is 9.93. The lowest BCUT2D eigenvalue weighted by Crippen LogP contribution is -2.56. The molecule has 134 valence electrons. The Labute approximate surface area is 138 Å². The quantitative estimate of drug-likeness (QED) is 0.460. The minimum absolute atomic E-state index is 0.0815. The van der Waals surface area contributed by atoms with E-state index in [1.54, 1.807) is 6.92 Å². The summed E-state index contributed by atoms with van der Waals surface area (Å²) in [7, 11) is 0. The Bertz CT molecular complexity index is 575. The zero-order chi connectivity index (χ0) is 17.9. The van der Waals surface area contributed by atoms with Gasteiger partial charge in [0.15, 0.2) is 0 Å². The standard InChI is InChI=1S/C16H22O8/c1-8-13(18)15(20)14(19)12(24-8)3-2-4-23-11-6-9(16(21)22)5-10(17)7-11/h5-8,12-15,17-20H,2-4H2,1H3,(H,21,22)/t8?,12-,13+,14?,15?/m0/s1. The number of aliphatic hydroxyl groups is 3. The molecule has 5 N–H and O–H groups in total.